The van der Waals surface area contributed by atoms with E-state index in [1.54, 1.807) is 30.3 Å². The van der Waals surface area contributed by atoms with Gasteiger partial charge in [-0.25, -0.2) is 0 Å². The Morgan fingerprint density at radius 3 is 2.24 bits per heavy atom. The van der Waals surface area contributed by atoms with Crippen LogP contribution in [0.2, 0.25) is 15.1 Å². The van der Waals surface area contributed by atoms with Crippen molar-refractivity contribution < 1.29 is 0 Å². The van der Waals surface area contributed by atoms with Crippen molar-refractivity contribution in [3.63, 3.8) is 0 Å². The van der Waals surface area contributed by atoms with Crippen LogP contribution in [0.1, 0.15) is 16.7 Å². The molecule has 0 fully saturated rings. The van der Waals surface area contributed by atoms with Crippen LogP contribution in [0.25, 0.3) is 0 Å². The van der Waals surface area contributed by atoms with E-state index in [0.29, 0.717) is 44.0 Å². The van der Waals surface area contributed by atoms with Gasteiger partial charge < -0.3 is 5.32 Å². The van der Waals surface area contributed by atoms with Crippen LogP contribution in [0.15, 0.2) is 30.3 Å². The second kappa shape index (κ2) is 6.70. The van der Waals surface area contributed by atoms with Gasteiger partial charge >= 0.3 is 0 Å². The predicted octanol–water partition coefficient (Wildman–Crippen LogP) is 5.00. The lowest BCUT2D eigenvalue weighted by Crippen LogP contribution is -2.02. The van der Waals surface area contributed by atoms with E-state index in [0.717, 1.165) is 0 Å². The largest absolute Gasteiger partial charge is 0.381 e. The lowest BCUT2D eigenvalue weighted by atomic mass is 10.1. The van der Waals surface area contributed by atoms with Gasteiger partial charge in [0.25, 0.3) is 0 Å². The third-order valence-corrected chi connectivity index (χ3v) is 4.07. The van der Waals surface area contributed by atoms with Crippen molar-refractivity contribution in [2.24, 2.45) is 0 Å². The number of nitrogens with one attached hydrogen (secondary N) is 1. The zero-order chi connectivity index (χ0) is 15.4. The predicted molar refractivity (Wildman–Crippen MR) is 84.7 cm³/mol. The molecule has 21 heavy (non-hydrogen) atoms. The Kier molecular flexibility index (Phi) is 4.94. The average Bonchev–Trinajstić information content (AvgIpc) is 2.50. The van der Waals surface area contributed by atoms with Gasteiger partial charge in [-0.05, 0) is 30.3 Å². The van der Waals surface area contributed by atoms with Gasteiger partial charge in [0, 0.05) is 22.8 Å². The van der Waals surface area contributed by atoms with Gasteiger partial charge in [0.2, 0.25) is 0 Å². The summed E-state index contributed by atoms with van der Waals surface area (Å²) in [6.07, 6.45) is 0. The van der Waals surface area contributed by atoms with Crippen LogP contribution in [-0.4, -0.2) is 0 Å². The Labute approximate surface area is 137 Å². The van der Waals surface area contributed by atoms with Crippen molar-refractivity contribution in [1.29, 1.82) is 10.5 Å². The van der Waals surface area contributed by atoms with E-state index in [1.807, 2.05) is 12.1 Å². The summed E-state index contributed by atoms with van der Waals surface area (Å²) in [7, 11) is 0. The fourth-order valence-corrected chi connectivity index (χ4v) is 2.45. The Balaban J connectivity index is 2.24. The molecule has 0 aliphatic heterocycles. The van der Waals surface area contributed by atoms with Gasteiger partial charge in [-0.2, -0.15) is 10.5 Å². The minimum absolute atomic E-state index is 0.311. The summed E-state index contributed by atoms with van der Waals surface area (Å²) < 4.78 is 0. The summed E-state index contributed by atoms with van der Waals surface area (Å²) >= 11 is 18.2. The minimum Gasteiger partial charge on any atom is -0.381 e. The molecule has 0 atom stereocenters. The van der Waals surface area contributed by atoms with Crippen molar-refractivity contribution >= 4 is 40.5 Å². The molecule has 2 aromatic rings. The molecule has 0 saturated heterocycles. The maximum Gasteiger partial charge on any atom is 0.101 e. The third-order valence-electron chi connectivity index (χ3n) is 2.87. The molecule has 3 nitrogen and oxygen atoms in total. The fourth-order valence-electron chi connectivity index (χ4n) is 1.77. The molecule has 1 N–H and O–H groups in total. The van der Waals surface area contributed by atoms with Gasteiger partial charge in [-0.15, -0.1) is 0 Å². The van der Waals surface area contributed by atoms with Gasteiger partial charge in [0.1, 0.15) is 12.1 Å². The van der Waals surface area contributed by atoms with E-state index < -0.39 is 0 Å². The average molecular weight is 337 g/mol. The number of nitrogens with zero attached hydrogens (tertiary/aromatic N) is 2. The standard InChI is InChI=1S/C15H8Cl3N3/c16-13-3-4-14(17)15(18)12(13)8-21-11-2-1-9(6-19)10(5-11)7-20/h1-5,21H,8H2. The zero-order valence-corrected chi connectivity index (χ0v) is 12.9. The second-order valence-electron chi connectivity index (χ2n) is 4.16. The molecule has 0 spiro atoms. The van der Waals surface area contributed by atoms with Crippen LogP contribution < -0.4 is 5.32 Å². The third kappa shape index (κ3) is 3.40. The fraction of sp³-hybridized carbons (Fsp3) is 0.0667. The molecule has 0 aromatic heterocycles. The minimum atomic E-state index is 0.311. The first-order valence-electron chi connectivity index (χ1n) is 5.87. The Bertz CT molecular complexity index is 773. The van der Waals surface area contributed by atoms with Gasteiger partial charge in [-0.1, -0.05) is 34.8 Å². The van der Waals surface area contributed by atoms with E-state index in [1.165, 1.54) is 0 Å². The maximum absolute atomic E-state index is 9.00. The molecular formula is C15H8Cl3N3. The molecule has 2 rings (SSSR count). The van der Waals surface area contributed by atoms with Crippen molar-refractivity contribution in [2.75, 3.05) is 5.32 Å². The quantitative estimate of drug-likeness (QED) is 0.802. The Morgan fingerprint density at radius 1 is 0.905 bits per heavy atom. The van der Waals surface area contributed by atoms with Crippen molar-refractivity contribution in [2.45, 2.75) is 6.54 Å². The maximum atomic E-state index is 9.00. The summed E-state index contributed by atoms with van der Waals surface area (Å²) in [4.78, 5) is 0. The number of halogens is 3. The molecular weight excluding hydrogens is 329 g/mol. The summed E-state index contributed by atoms with van der Waals surface area (Å²) in [5.74, 6) is 0. The highest BCUT2D eigenvalue weighted by atomic mass is 35.5. The molecule has 0 unspecified atom stereocenters. The number of rotatable bonds is 3. The van der Waals surface area contributed by atoms with Crippen LogP contribution in [0.3, 0.4) is 0 Å². The van der Waals surface area contributed by atoms with Gasteiger partial charge in [0.15, 0.2) is 0 Å². The van der Waals surface area contributed by atoms with Crippen LogP contribution in [0.4, 0.5) is 5.69 Å². The number of benzene rings is 2. The van der Waals surface area contributed by atoms with E-state index in [2.05, 4.69) is 5.32 Å². The van der Waals surface area contributed by atoms with Crippen LogP contribution >= 0.6 is 34.8 Å². The van der Waals surface area contributed by atoms with Crippen molar-refractivity contribution in [1.82, 2.24) is 0 Å². The van der Waals surface area contributed by atoms with Crippen LogP contribution in [0, 0.1) is 22.7 Å². The highest BCUT2D eigenvalue weighted by Crippen LogP contribution is 2.32. The van der Waals surface area contributed by atoms with Crippen molar-refractivity contribution in [3.8, 4) is 12.1 Å². The summed E-state index contributed by atoms with van der Waals surface area (Å²) in [6.45, 7) is 0.356. The molecule has 0 amide bonds. The summed E-state index contributed by atoms with van der Waals surface area (Å²) in [5, 5.41) is 22.3. The molecule has 0 heterocycles. The normalized spacial score (nSPS) is 9.76. The molecule has 2 aromatic carbocycles. The Morgan fingerprint density at radius 2 is 1.57 bits per heavy atom. The first-order chi connectivity index (χ1) is 10.1. The molecule has 0 aliphatic rings. The van der Waals surface area contributed by atoms with Gasteiger partial charge in [0.05, 0.1) is 21.2 Å². The van der Waals surface area contributed by atoms with E-state index in [-0.39, 0.29) is 0 Å². The smallest absolute Gasteiger partial charge is 0.101 e. The van der Waals surface area contributed by atoms with E-state index in [9.17, 15) is 0 Å². The molecule has 0 bridgehead atoms. The summed E-state index contributed by atoms with van der Waals surface area (Å²) in [5.41, 5.74) is 2.01. The first kappa shape index (κ1) is 15.5. The molecule has 0 aliphatic carbocycles. The SMILES string of the molecule is N#Cc1ccc(NCc2c(Cl)ccc(Cl)c2Cl)cc1C#N. The highest BCUT2D eigenvalue weighted by Gasteiger charge is 2.10. The number of nitriles is 2. The van der Waals surface area contributed by atoms with E-state index in [4.69, 9.17) is 45.3 Å². The number of anilines is 1. The molecule has 0 saturated carbocycles. The van der Waals surface area contributed by atoms with E-state index >= 15 is 0 Å². The molecule has 0 radical (unpaired) electrons. The summed E-state index contributed by atoms with van der Waals surface area (Å²) in [6, 6.07) is 12.1. The second-order valence-corrected chi connectivity index (χ2v) is 5.35. The monoisotopic (exact) mass is 335 g/mol. The lowest BCUT2D eigenvalue weighted by Gasteiger charge is -2.11. The van der Waals surface area contributed by atoms with Crippen LogP contribution in [-0.2, 0) is 6.54 Å². The Hall–Kier alpha value is -1.91. The molecule has 104 valence electrons. The van der Waals surface area contributed by atoms with Crippen LogP contribution in [0.5, 0.6) is 0 Å². The molecule has 6 heteroatoms. The zero-order valence-electron chi connectivity index (χ0n) is 10.6. The van der Waals surface area contributed by atoms with Gasteiger partial charge in [-0.3, -0.25) is 0 Å². The number of hydrogen-bond acceptors (Lipinski definition) is 3. The lowest BCUT2D eigenvalue weighted by molar-refractivity contribution is 1.15. The number of hydrogen-bond donors (Lipinski definition) is 1. The highest BCUT2D eigenvalue weighted by molar-refractivity contribution is 6.44. The topological polar surface area (TPSA) is 59.6 Å². The van der Waals surface area contributed by atoms with Crippen molar-refractivity contribution in [3.05, 3.63) is 62.1 Å². The first-order valence-corrected chi connectivity index (χ1v) is 7.00.